The molecule has 0 spiro atoms. The number of carbonyl (C=O) groups excluding carboxylic acids is 2. The molecule has 0 aliphatic rings. The summed E-state index contributed by atoms with van der Waals surface area (Å²) in [5.74, 6) is -0.676. The first kappa shape index (κ1) is 14.4. The van der Waals surface area contributed by atoms with Crippen LogP contribution in [0.15, 0.2) is 42.7 Å². The van der Waals surface area contributed by atoms with Crippen LogP contribution in [0.5, 0.6) is 6.01 Å². The van der Waals surface area contributed by atoms with Gasteiger partial charge in [0.2, 0.25) is 5.91 Å². The van der Waals surface area contributed by atoms with Gasteiger partial charge in [-0.3, -0.25) is 9.59 Å². The number of hydrogen-bond donors (Lipinski definition) is 2. The number of methoxy groups -OCH3 is 1. The van der Waals surface area contributed by atoms with Gasteiger partial charge in [0.25, 0.3) is 5.91 Å². The maximum Gasteiger partial charge on any atom is 0.316 e. The number of ether oxygens (including phenoxy) is 1. The van der Waals surface area contributed by atoms with Crippen molar-refractivity contribution in [1.29, 1.82) is 0 Å². The Morgan fingerprint density at radius 3 is 2.43 bits per heavy atom. The maximum absolute atomic E-state index is 11.8. The lowest BCUT2D eigenvalue weighted by atomic mass is 10.2. The van der Waals surface area contributed by atoms with E-state index < -0.39 is 0 Å². The highest BCUT2D eigenvalue weighted by atomic mass is 16.5. The van der Waals surface area contributed by atoms with Crippen molar-refractivity contribution >= 4 is 17.5 Å². The molecule has 1 heterocycles. The molecule has 2 rings (SSSR count). The first-order valence-electron chi connectivity index (χ1n) is 6.18. The number of rotatable bonds is 5. The average molecular weight is 286 g/mol. The van der Waals surface area contributed by atoms with E-state index in [4.69, 9.17) is 4.74 Å². The Morgan fingerprint density at radius 1 is 1.14 bits per heavy atom. The third-order valence-corrected chi connectivity index (χ3v) is 2.54. The van der Waals surface area contributed by atoms with Crippen LogP contribution in [-0.4, -0.2) is 35.4 Å². The molecule has 0 unspecified atom stereocenters. The summed E-state index contributed by atoms with van der Waals surface area (Å²) in [5, 5.41) is 5.09. The van der Waals surface area contributed by atoms with Crippen LogP contribution in [0.25, 0.3) is 0 Å². The molecule has 0 radical (unpaired) electrons. The highest BCUT2D eigenvalue weighted by Gasteiger charge is 2.08. The predicted octanol–water partition coefficient (Wildman–Crippen LogP) is 0.854. The minimum absolute atomic E-state index is 0.139. The van der Waals surface area contributed by atoms with E-state index in [1.807, 2.05) is 6.07 Å². The van der Waals surface area contributed by atoms with Crippen molar-refractivity contribution in [2.45, 2.75) is 0 Å². The molecular weight excluding hydrogens is 272 g/mol. The highest BCUT2D eigenvalue weighted by molar-refractivity contribution is 5.99. The van der Waals surface area contributed by atoms with Crippen molar-refractivity contribution in [3.8, 4) is 6.01 Å². The third kappa shape index (κ3) is 4.27. The molecule has 0 saturated heterocycles. The number of benzene rings is 1. The summed E-state index contributed by atoms with van der Waals surface area (Å²) in [7, 11) is 1.45. The molecule has 0 atom stereocenters. The fourth-order valence-electron chi connectivity index (χ4n) is 1.54. The largest absolute Gasteiger partial charge is 0.467 e. The van der Waals surface area contributed by atoms with Crippen LogP contribution in [0, 0.1) is 0 Å². The Bertz CT molecular complexity index is 614. The summed E-state index contributed by atoms with van der Waals surface area (Å²) in [6.45, 7) is -0.139. The fraction of sp³-hybridized carbons (Fsp3) is 0.143. The molecular formula is C14H14N4O3. The topological polar surface area (TPSA) is 93.2 Å². The first-order chi connectivity index (χ1) is 10.2. The van der Waals surface area contributed by atoms with Gasteiger partial charge in [0.1, 0.15) is 0 Å². The van der Waals surface area contributed by atoms with E-state index in [1.54, 1.807) is 24.3 Å². The molecule has 108 valence electrons. The van der Waals surface area contributed by atoms with E-state index in [0.29, 0.717) is 11.3 Å². The monoisotopic (exact) mass is 286 g/mol. The first-order valence-corrected chi connectivity index (χ1v) is 6.18. The van der Waals surface area contributed by atoms with Crippen LogP contribution >= 0.6 is 0 Å². The van der Waals surface area contributed by atoms with Crippen LogP contribution in [0.3, 0.4) is 0 Å². The molecule has 0 aliphatic heterocycles. The minimum atomic E-state index is -0.368. The summed E-state index contributed by atoms with van der Waals surface area (Å²) < 4.78 is 4.81. The molecule has 0 aliphatic carbocycles. The molecule has 21 heavy (non-hydrogen) atoms. The van der Waals surface area contributed by atoms with Gasteiger partial charge in [0, 0.05) is 5.56 Å². The number of aromatic nitrogens is 2. The summed E-state index contributed by atoms with van der Waals surface area (Å²) in [5.41, 5.74) is 0.924. The van der Waals surface area contributed by atoms with Crippen LogP contribution in [-0.2, 0) is 4.79 Å². The van der Waals surface area contributed by atoms with Crippen molar-refractivity contribution in [3.05, 3.63) is 48.3 Å². The summed E-state index contributed by atoms with van der Waals surface area (Å²) in [6, 6.07) is 8.88. The van der Waals surface area contributed by atoms with Gasteiger partial charge in [0.15, 0.2) is 0 Å². The van der Waals surface area contributed by atoms with Crippen molar-refractivity contribution in [1.82, 2.24) is 15.3 Å². The second-order valence-corrected chi connectivity index (χ2v) is 4.06. The van der Waals surface area contributed by atoms with E-state index in [9.17, 15) is 9.59 Å². The number of amides is 2. The molecule has 7 nitrogen and oxygen atoms in total. The van der Waals surface area contributed by atoms with Gasteiger partial charge in [-0.15, -0.1) is 0 Å². The standard InChI is InChI=1S/C14H14N4O3/c1-21-14-16-7-11(8-17-14)18-12(19)9-15-13(20)10-5-3-2-4-6-10/h2-8H,9H2,1H3,(H,15,20)(H,18,19). The zero-order chi connectivity index (χ0) is 15.1. The van der Waals surface area contributed by atoms with Gasteiger partial charge in [-0.05, 0) is 12.1 Å². The Hall–Kier alpha value is -2.96. The smallest absolute Gasteiger partial charge is 0.316 e. The van der Waals surface area contributed by atoms with E-state index >= 15 is 0 Å². The summed E-state index contributed by atoms with van der Waals surface area (Å²) in [6.07, 6.45) is 2.84. The molecule has 1 aromatic carbocycles. The molecule has 7 heteroatoms. The van der Waals surface area contributed by atoms with E-state index in [-0.39, 0.29) is 24.4 Å². The maximum atomic E-state index is 11.8. The van der Waals surface area contributed by atoms with Gasteiger partial charge in [-0.25, -0.2) is 9.97 Å². The minimum Gasteiger partial charge on any atom is -0.467 e. The van der Waals surface area contributed by atoms with Crippen molar-refractivity contribution in [3.63, 3.8) is 0 Å². The lowest BCUT2D eigenvalue weighted by Gasteiger charge is -2.06. The van der Waals surface area contributed by atoms with Crippen LogP contribution < -0.4 is 15.4 Å². The molecule has 2 amide bonds. The number of hydrogen-bond acceptors (Lipinski definition) is 5. The number of nitrogens with one attached hydrogen (secondary N) is 2. The van der Waals surface area contributed by atoms with Gasteiger partial charge in [-0.1, -0.05) is 18.2 Å². The zero-order valence-corrected chi connectivity index (χ0v) is 11.4. The summed E-state index contributed by atoms with van der Waals surface area (Å²) in [4.78, 5) is 31.2. The molecule has 2 aromatic rings. The molecule has 1 aromatic heterocycles. The molecule has 0 bridgehead atoms. The predicted molar refractivity (Wildman–Crippen MR) is 76.0 cm³/mol. The van der Waals surface area contributed by atoms with Crippen LogP contribution in [0.4, 0.5) is 5.69 Å². The Balaban J connectivity index is 1.83. The van der Waals surface area contributed by atoms with Gasteiger partial charge in [0.05, 0.1) is 31.7 Å². The van der Waals surface area contributed by atoms with Gasteiger partial charge < -0.3 is 15.4 Å². The third-order valence-electron chi connectivity index (χ3n) is 2.54. The number of nitrogens with zero attached hydrogens (tertiary/aromatic N) is 2. The quantitative estimate of drug-likeness (QED) is 0.850. The molecule has 0 saturated carbocycles. The average Bonchev–Trinajstić information content (AvgIpc) is 2.54. The van der Waals surface area contributed by atoms with E-state index in [2.05, 4.69) is 20.6 Å². The zero-order valence-electron chi connectivity index (χ0n) is 11.4. The van der Waals surface area contributed by atoms with Crippen LogP contribution in [0.1, 0.15) is 10.4 Å². The van der Waals surface area contributed by atoms with Gasteiger partial charge >= 0.3 is 6.01 Å². The van der Waals surface area contributed by atoms with Crippen molar-refractivity contribution in [2.75, 3.05) is 19.0 Å². The Labute approximate surface area is 121 Å². The normalized spacial score (nSPS) is 9.76. The SMILES string of the molecule is COc1ncc(NC(=O)CNC(=O)c2ccccc2)cn1. The van der Waals surface area contributed by atoms with E-state index in [0.717, 1.165) is 0 Å². The van der Waals surface area contributed by atoms with Crippen LogP contribution in [0.2, 0.25) is 0 Å². The summed E-state index contributed by atoms with van der Waals surface area (Å²) >= 11 is 0. The Morgan fingerprint density at radius 2 is 1.81 bits per heavy atom. The van der Waals surface area contributed by atoms with Crippen molar-refractivity contribution in [2.24, 2.45) is 0 Å². The Kier molecular flexibility index (Phi) is 4.81. The number of anilines is 1. The fourth-order valence-corrected chi connectivity index (χ4v) is 1.54. The lowest BCUT2D eigenvalue weighted by molar-refractivity contribution is -0.115. The second-order valence-electron chi connectivity index (χ2n) is 4.06. The lowest BCUT2D eigenvalue weighted by Crippen LogP contribution is -2.32. The van der Waals surface area contributed by atoms with Crippen molar-refractivity contribution < 1.29 is 14.3 Å². The van der Waals surface area contributed by atoms with E-state index in [1.165, 1.54) is 19.5 Å². The molecule has 2 N–H and O–H groups in total. The second kappa shape index (κ2) is 6.99. The van der Waals surface area contributed by atoms with Gasteiger partial charge in [-0.2, -0.15) is 0 Å². The number of carbonyl (C=O) groups is 2. The highest BCUT2D eigenvalue weighted by Crippen LogP contribution is 2.06. The molecule has 0 fully saturated rings.